The van der Waals surface area contributed by atoms with E-state index >= 15 is 0 Å². The highest BCUT2D eigenvalue weighted by Crippen LogP contribution is 2.29. The average molecular weight is 356 g/mol. The van der Waals surface area contributed by atoms with E-state index in [1.807, 2.05) is 0 Å². The Morgan fingerprint density at radius 3 is 2.32 bits per heavy atom. The van der Waals surface area contributed by atoms with Gasteiger partial charge in [0.2, 0.25) is 11.6 Å². The highest BCUT2D eigenvalue weighted by molar-refractivity contribution is 5.85. The number of halogens is 4. The standard InChI is InChI=1S/C17H12F4O4/c1-24-13-4-2-9(3-5-14(22)23)6-10(13)8-25-17-15(20)11(18)7-12(19)16(17)21/h2-7H,8H2,1H3,(H,22,23). The molecule has 1 N–H and O–H groups in total. The highest BCUT2D eigenvalue weighted by Gasteiger charge is 2.21. The number of aliphatic carboxylic acids is 1. The van der Waals surface area contributed by atoms with Gasteiger partial charge in [0.25, 0.3) is 0 Å². The lowest BCUT2D eigenvalue weighted by atomic mass is 10.1. The van der Waals surface area contributed by atoms with E-state index in [1.165, 1.54) is 25.3 Å². The summed E-state index contributed by atoms with van der Waals surface area (Å²) in [6.45, 7) is -0.464. The van der Waals surface area contributed by atoms with E-state index in [1.54, 1.807) is 6.07 Å². The Balaban J connectivity index is 2.31. The Morgan fingerprint density at radius 1 is 1.12 bits per heavy atom. The molecule has 0 bridgehead atoms. The molecule has 0 atom stereocenters. The number of carboxylic acids is 1. The van der Waals surface area contributed by atoms with Crippen LogP contribution in [0.1, 0.15) is 11.1 Å². The number of ether oxygens (including phenoxy) is 2. The first-order valence-corrected chi connectivity index (χ1v) is 6.87. The number of carboxylic acid groups (broad SMARTS) is 1. The van der Waals surface area contributed by atoms with Crippen LogP contribution >= 0.6 is 0 Å². The second-order valence-electron chi connectivity index (χ2n) is 4.83. The van der Waals surface area contributed by atoms with Gasteiger partial charge in [-0.1, -0.05) is 6.07 Å². The van der Waals surface area contributed by atoms with Crippen LogP contribution in [0.15, 0.2) is 30.3 Å². The van der Waals surface area contributed by atoms with Crippen molar-refractivity contribution < 1.29 is 36.9 Å². The van der Waals surface area contributed by atoms with Gasteiger partial charge in [-0.15, -0.1) is 0 Å². The van der Waals surface area contributed by atoms with E-state index < -0.39 is 41.6 Å². The van der Waals surface area contributed by atoms with Gasteiger partial charge in [-0.05, 0) is 23.8 Å². The fraction of sp³-hybridized carbons (Fsp3) is 0.118. The number of hydrogen-bond donors (Lipinski definition) is 1. The zero-order chi connectivity index (χ0) is 18.6. The first-order chi connectivity index (χ1) is 11.8. The molecule has 0 spiro atoms. The quantitative estimate of drug-likeness (QED) is 0.484. The minimum Gasteiger partial charge on any atom is -0.496 e. The van der Waals surface area contributed by atoms with E-state index in [9.17, 15) is 22.4 Å². The molecule has 4 nitrogen and oxygen atoms in total. The number of methoxy groups -OCH3 is 1. The maximum Gasteiger partial charge on any atom is 0.328 e. The van der Waals surface area contributed by atoms with Crippen molar-refractivity contribution in [2.24, 2.45) is 0 Å². The lowest BCUT2D eigenvalue weighted by Gasteiger charge is -2.12. The minimum atomic E-state index is -1.65. The summed E-state index contributed by atoms with van der Waals surface area (Å²) >= 11 is 0. The predicted octanol–water partition coefficient (Wildman–Crippen LogP) is 3.93. The molecule has 0 saturated heterocycles. The Bertz CT molecular complexity index is 808. The van der Waals surface area contributed by atoms with Gasteiger partial charge in [-0.2, -0.15) is 8.78 Å². The fourth-order valence-electron chi connectivity index (χ4n) is 2.01. The number of carbonyl (C=O) groups is 1. The third kappa shape index (κ3) is 4.28. The van der Waals surface area contributed by atoms with Crippen LogP contribution in [0.5, 0.6) is 11.5 Å². The molecule has 0 saturated carbocycles. The van der Waals surface area contributed by atoms with E-state index in [0.717, 1.165) is 6.08 Å². The molecule has 0 amide bonds. The van der Waals surface area contributed by atoms with Gasteiger partial charge < -0.3 is 14.6 Å². The number of hydrogen-bond acceptors (Lipinski definition) is 3. The van der Waals surface area contributed by atoms with Crippen LogP contribution in [0.2, 0.25) is 0 Å². The van der Waals surface area contributed by atoms with Gasteiger partial charge in [0.1, 0.15) is 12.4 Å². The average Bonchev–Trinajstić information content (AvgIpc) is 2.58. The summed E-state index contributed by atoms with van der Waals surface area (Å²) < 4.78 is 63.5. The monoisotopic (exact) mass is 356 g/mol. The van der Waals surface area contributed by atoms with Crippen LogP contribution in [0.25, 0.3) is 6.08 Å². The lowest BCUT2D eigenvalue weighted by molar-refractivity contribution is -0.131. The SMILES string of the molecule is COc1ccc(C=CC(=O)O)cc1COc1c(F)c(F)cc(F)c1F. The van der Waals surface area contributed by atoms with Crippen molar-refractivity contribution in [1.82, 2.24) is 0 Å². The summed E-state index contributed by atoms with van der Waals surface area (Å²) in [6.07, 6.45) is 2.18. The normalized spacial score (nSPS) is 10.9. The molecule has 0 aliphatic heterocycles. The Morgan fingerprint density at radius 2 is 1.76 bits per heavy atom. The van der Waals surface area contributed by atoms with Crippen molar-refractivity contribution in [2.75, 3.05) is 7.11 Å². The minimum absolute atomic E-state index is 0.0788. The van der Waals surface area contributed by atoms with Crippen LogP contribution < -0.4 is 9.47 Å². The largest absolute Gasteiger partial charge is 0.496 e. The first-order valence-electron chi connectivity index (χ1n) is 6.87. The molecule has 0 heterocycles. The molecule has 0 unspecified atom stereocenters. The van der Waals surface area contributed by atoms with Crippen molar-refractivity contribution in [3.8, 4) is 11.5 Å². The number of benzene rings is 2. The molecule has 8 heteroatoms. The smallest absolute Gasteiger partial charge is 0.328 e. The Kier molecular flexibility index (Phi) is 5.63. The van der Waals surface area contributed by atoms with Gasteiger partial charge in [0.15, 0.2) is 17.4 Å². The van der Waals surface area contributed by atoms with Gasteiger partial charge >= 0.3 is 5.97 Å². The predicted molar refractivity (Wildman–Crippen MR) is 80.3 cm³/mol. The van der Waals surface area contributed by atoms with E-state index in [2.05, 4.69) is 0 Å². The fourth-order valence-corrected chi connectivity index (χ4v) is 2.01. The van der Waals surface area contributed by atoms with E-state index in [0.29, 0.717) is 11.1 Å². The van der Waals surface area contributed by atoms with E-state index in [4.69, 9.17) is 14.6 Å². The summed E-state index contributed by atoms with van der Waals surface area (Å²) in [4.78, 5) is 10.5. The molecule has 0 aliphatic carbocycles. The molecule has 132 valence electrons. The Labute approximate surface area is 139 Å². The van der Waals surface area contributed by atoms with Crippen LogP contribution in [-0.2, 0) is 11.4 Å². The highest BCUT2D eigenvalue weighted by atomic mass is 19.2. The lowest BCUT2D eigenvalue weighted by Crippen LogP contribution is -2.05. The van der Waals surface area contributed by atoms with Crippen LogP contribution in [-0.4, -0.2) is 18.2 Å². The molecule has 0 radical (unpaired) electrons. The molecule has 0 aliphatic rings. The molecule has 2 aromatic carbocycles. The van der Waals surface area contributed by atoms with E-state index in [-0.39, 0.29) is 11.8 Å². The first kappa shape index (κ1) is 18.3. The van der Waals surface area contributed by atoms with Gasteiger partial charge in [0, 0.05) is 17.7 Å². The third-order valence-electron chi connectivity index (χ3n) is 3.17. The summed E-state index contributed by atoms with van der Waals surface area (Å²) in [5.41, 5.74) is 0.742. The molecular formula is C17H12F4O4. The number of rotatable bonds is 6. The summed E-state index contributed by atoms with van der Waals surface area (Å²) in [6, 6.07) is 4.56. The Hall–Kier alpha value is -3.03. The van der Waals surface area contributed by atoms with Gasteiger partial charge in [-0.25, -0.2) is 13.6 Å². The third-order valence-corrected chi connectivity index (χ3v) is 3.17. The van der Waals surface area contributed by atoms with Crippen LogP contribution in [0, 0.1) is 23.3 Å². The summed E-state index contributed by atoms with van der Waals surface area (Å²) in [7, 11) is 1.34. The van der Waals surface area contributed by atoms with Crippen molar-refractivity contribution in [1.29, 1.82) is 0 Å². The van der Waals surface area contributed by atoms with Gasteiger partial charge in [-0.3, -0.25) is 0 Å². The topological polar surface area (TPSA) is 55.8 Å². The molecular weight excluding hydrogens is 344 g/mol. The molecule has 2 aromatic rings. The maximum atomic E-state index is 13.6. The summed E-state index contributed by atoms with van der Waals surface area (Å²) in [5.74, 6) is -8.54. The van der Waals surface area contributed by atoms with Crippen LogP contribution in [0.4, 0.5) is 17.6 Å². The van der Waals surface area contributed by atoms with Crippen molar-refractivity contribution in [3.63, 3.8) is 0 Å². The van der Waals surface area contributed by atoms with Crippen molar-refractivity contribution in [2.45, 2.75) is 6.61 Å². The summed E-state index contributed by atoms with van der Waals surface area (Å²) in [5, 5.41) is 8.62. The molecule has 25 heavy (non-hydrogen) atoms. The second-order valence-corrected chi connectivity index (χ2v) is 4.83. The van der Waals surface area contributed by atoms with Crippen molar-refractivity contribution >= 4 is 12.0 Å². The van der Waals surface area contributed by atoms with Crippen molar-refractivity contribution in [3.05, 3.63) is 64.7 Å². The zero-order valence-corrected chi connectivity index (χ0v) is 12.9. The molecule has 0 fully saturated rings. The molecule has 0 aromatic heterocycles. The maximum absolute atomic E-state index is 13.6. The van der Waals surface area contributed by atoms with Crippen LogP contribution in [0.3, 0.4) is 0 Å². The second kappa shape index (κ2) is 7.69. The zero-order valence-electron chi connectivity index (χ0n) is 12.9. The molecule has 2 rings (SSSR count). The van der Waals surface area contributed by atoms with Gasteiger partial charge in [0.05, 0.1) is 7.11 Å².